The van der Waals surface area contributed by atoms with Gasteiger partial charge in [0.1, 0.15) is 12.4 Å². The Morgan fingerprint density at radius 3 is 2.60 bits per heavy atom. The Morgan fingerprint density at radius 2 is 1.76 bits per heavy atom. The fourth-order valence-corrected chi connectivity index (χ4v) is 3.97. The van der Waals surface area contributed by atoms with Gasteiger partial charge in [-0.1, -0.05) is 6.42 Å². The first-order chi connectivity index (χ1) is 12.4. The van der Waals surface area contributed by atoms with Gasteiger partial charge in [0.05, 0.1) is 5.69 Å². The topological polar surface area (TPSA) is 65.5 Å². The number of piperidine rings is 1. The molecule has 25 heavy (non-hydrogen) atoms. The van der Waals surface area contributed by atoms with Crippen LogP contribution in [0.4, 0.5) is 5.82 Å². The lowest BCUT2D eigenvalue weighted by molar-refractivity contribution is 0.177. The standard InChI is InChI=1S/C18H30N6O/c1-2-8-23(9-3-1)12-13-25-18-21-16-14-20-5-4-15(16)17(22-18)24-10-6-19-7-11-24/h19-20H,1-14H2. The van der Waals surface area contributed by atoms with Crippen molar-refractivity contribution < 1.29 is 4.74 Å². The van der Waals surface area contributed by atoms with Gasteiger partial charge in [-0.15, -0.1) is 0 Å². The molecular formula is C18H30N6O. The fourth-order valence-electron chi connectivity index (χ4n) is 3.97. The third kappa shape index (κ3) is 4.22. The Labute approximate surface area is 150 Å². The van der Waals surface area contributed by atoms with Gasteiger partial charge in [-0.05, 0) is 38.9 Å². The predicted molar refractivity (Wildman–Crippen MR) is 98.3 cm³/mol. The molecular weight excluding hydrogens is 316 g/mol. The first-order valence-corrected chi connectivity index (χ1v) is 9.81. The highest BCUT2D eigenvalue weighted by Crippen LogP contribution is 2.26. The number of aromatic nitrogens is 2. The van der Waals surface area contributed by atoms with Gasteiger partial charge in [0, 0.05) is 44.8 Å². The molecule has 4 rings (SSSR count). The molecule has 0 aromatic carbocycles. The van der Waals surface area contributed by atoms with Gasteiger partial charge in [0.15, 0.2) is 0 Å². The van der Waals surface area contributed by atoms with Gasteiger partial charge in [0.2, 0.25) is 0 Å². The van der Waals surface area contributed by atoms with Crippen molar-refractivity contribution in [1.29, 1.82) is 0 Å². The summed E-state index contributed by atoms with van der Waals surface area (Å²) in [5, 5.41) is 6.84. The van der Waals surface area contributed by atoms with Crippen LogP contribution >= 0.6 is 0 Å². The van der Waals surface area contributed by atoms with Crippen LogP contribution in [-0.4, -0.2) is 73.8 Å². The zero-order chi connectivity index (χ0) is 16.9. The number of hydrogen-bond donors (Lipinski definition) is 2. The molecule has 0 bridgehead atoms. The van der Waals surface area contributed by atoms with E-state index in [9.17, 15) is 0 Å². The van der Waals surface area contributed by atoms with Crippen molar-refractivity contribution in [1.82, 2.24) is 25.5 Å². The summed E-state index contributed by atoms with van der Waals surface area (Å²) in [6.45, 7) is 9.91. The summed E-state index contributed by atoms with van der Waals surface area (Å²) in [5.74, 6) is 1.10. The molecule has 7 nitrogen and oxygen atoms in total. The average molecular weight is 346 g/mol. The minimum absolute atomic E-state index is 0.549. The quantitative estimate of drug-likeness (QED) is 0.800. The number of nitrogens with one attached hydrogen (secondary N) is 2. The average Bonchev–Trinajstić information content (AvgIpc) is 2.69. The van der Waals surface area contributed by atoms with Gasteiger partial charge in [0.25, 0.3) is 0 Å². The van der Waals surface area contributed by atoms with Crippen molar-refractivity contribution >= 4 is 5.82 Å². The largest absolute Gasteiger partial charge is 0.462 e. The van der Waals surface area contributed by atoms with E-state index >= 15 is 0 Å². The van der Waals surface area contributed by atoms with Crippen LogP contribution in [0, 0.1) is 0 Å². The molecule has 0 saturated carbocycles. The summed E-state index contributed by atoms with van der Waals surface area (Å²) in [6.07, 6.45) is 5.00. The van der Waals surface area contributed by atoms with Crippen molar-refractivity contribution in [3.05, 3.63) is 11.3 Å². The van der Waals surface area contributed by atoms with Gasteiger partial charge in [-0.25, -0.2) is 0 Å². The zero-order valence-corrected chi connectivity index (χ0v) is 15.1. The summed E-state index contributed by atoms with van der Waals surface area (Å²) in [5.41, 5.74) is 2.42. The molecule has 3 aliphatic heterocycles. The molecule has 0 aliphatic carbocycles. The number of piperazine rings is 1. The van der Waals surface area contributed by atoms with Crippen LogP contribution in [0.25, 0.3) is 0 Å². The molecule has 4 heterocycles. The van der Waals surface area contributed by atoms with Crippen LogP contribution in [-0.2, 0) is 13.0 Å². The first kappa shape index (κ1) is 17.0. The first-order valence-electron chi connectivity index (χ1n) is 9.81. The monoisotopic (exact) mass is 346 g/mol. The van der Waals surface area contributed by atoms with Gasteiger partial charge in [-0.3, -0.25) is 4.90 Å². The van der Waals surface area contributed by atoms with Crippen molar-refractivity contribution in [2.75, 3.05) is 63.9 Å². The second-order valence-corrected chi connectivity index (χ2v) is 7.17. The molecule has 0 unspecified atom stereocenters. The molecule has 1 aromatic rings. The second kappa shape index (κ2) is 8.29. The molecule has 1 aromatic heterocycles. The van der Waals surface area contributed by atoms with E-state index in [1.165, 1.54) is 37.9 Å². The van der Waals surface area contributed by atoms with Crippen LogP contribution in [0.1, 0.15) is 30.5 Å². The Balaban J connectivity index is 1.45. The summed E-state index contributed by atoms with van der Waals surface area (Å²) in [4.78, 5) is 14.4. The Kier molecular flexibility index (Phi) is 5.64. The summed E-state index contributed by atoms with van der Waals surface area (Å²) in [7, 11) is 0. The van der Waals surface area contributed by atoms with Crippen LogP contribution in [0.15, 0.2) is 0 Å². The molecule has 2 fully saturated rings. The van der Waals surface area contributed by atoms with E-state index in [0.717, 1.165) is 63.7 Å². The zero-order valence-electron chi connectivity index (χ0n) is 15.1. The van der Waals surface area contributed by atoms with Gasteiger partial charge >= 0.3 is 6.01 Å². The number of nitrogens with zero attached hydrogens (tertiary/aromatic N) is 4. The molecule has 7 heteroatoms. The lowest BCUT2D eigenvalue weighted by atomic mass is 10.1. The molecule has 2 N–H and O–H groups in total. The number of hydrogen-bond acceptors (Lipinski definition) is 7. The fraction of sp³-hybridized carbons (Fsp3) is 0.778. The maximum atomic E-state index is 5.97. The van der Waals surface area contributed by atoms with E-state index in [2.05, 4.69) is 20.4 Å². The molecule has 138 valence electrons. The summed E-state index contributed by atoms with van der Waals surface area (Å²) >= 11 is 0. The number of likely N-dealkylation sites (tertiary alicyclic amines) is 1. The number of fused-ring (bicyclic) bond motifs is 1. The Morgan fingerprint density at radius 1 is 0.920 bits per heavy atom. The maximum absolute atomic E-state index is 5.97. The molecule has 0 atom stereocenters. The third-order valence-corrected chi connectivity index (χ3v) is 5.40. The molecule has 2 saturated heterocycles. The lowest BCUT2D eigenvalue weighted by Crippen LogP contribution is -2.45. The van der Waals surface area contributed by atoms with Gasteiger partial charge in [-0.2, -0.15) is 9.97 Å². The minimum Gasteiger partial charge on any atom is -0.462 e. The highest BCUT2D eigenvalue weighted by molar-refractivity contribution is 5.51. The lowest BCUT2D eigenvalue weighted by Gasteiger charge is -2.32. The molecule has 0 spiro atoms. The molecule has 0 radical (unpaired) electrons. The SMILES string of the molecule is C1CCN(CCOc2nc3c(c(N4CCNCC4)n2)CCNC3)CC1. The van der Waals surface area contributed by atoms with E-state index in [1.807, 2.05) is 0 Å². The van der Waals surface area contributed by atoms with Gasteiger partial charge < -0.3 is 20.3 Å². The third-order valence-electron chi connectivity index (χ3n) is 5.40. The Bertz CT molecular complexity index is 569. The minimum atomic E-state index is 0.549. The predicted octanol–water partition coefficient (Wildman–Crippen LogP) is 0.397. The smallest absolute Gasteiger partial charge is 0.318 e. The number of ether oxygens (including phenoxy) is 1. The van der Waals surface area contributed by atoms with Crippen LogP contribution in [0.2, 0.25) is 0 Å². The molecule has 3 aliphatic rings. The maximum Gasteiger partial charge on any atom is 0.318 e. The highest BCUT2D eigenvalue weighted by atomic mass is 16.5. The summed E-state index contributed by atoms with van der Waals surface area (Å²) in [6, 6.07) is 0.549. The number of anilines is 1. The number of rotatable bonds is 5. The van der Waals surface area contributed by atoms with Crippen molar-refractivity contribution in [3.8, 4) is 6.01 Å². The van der Waals surface area contributed by atoms with Crippen molar-refractivity contribution in [2.24, 2.45) is 0 Å². The van der Waals surface area contributed by atoms with Crippen molar-refractivity contribution in [2.45, 2.75) is 32.2 Å². The van der Waals surface area contributed by atoms with Crippen LogP contribution < -0.4 is 20.3 Å². The Hall–Kier alpha value is -1.44. The van der Waals surface area contributed by atoms with E-state index in [1.54, 1.807) is 0 Å². The van der Waals surface area contributed by atoms with E-state index in [-0.39, 0.29) is 0 Å². The highest BCUT2D eigenvalue weighted by Gasteiger charge is 2.23. The van der Waals surface area contributed by atoms with E-state index in [4.69, 9.17) is 14.7 Å². The molecule has 0 amide bonds. The van der Waals surface area contributed by atoms with Crippen molar-refractivity contribution in [3.63, 3.8) is 0 Å². The normalized spacial score (nSPS) is 21.8. The summed E-state index contributed by atoms with van der Waals surface area (Å²) < 4.78 is 5.97. The van der Waals surface area contributed by atoms with E-state index < -0.39 is 0 Å². The van der Waals surface area contributed by atoms with Crippen LogP contribution in [0.5, 0.6) is 6.01 Å². The van der Waals surface area contributed by atoms with Crippen LogP contribution in [0.3, 0.4) is 0 Å². The van der Waals surface area contributed by atoms with E-state index in [0.29, 0.717) is 12.6 Å². The second-order valence-electron chi connectivity index (χ2n) is 7.17.